The van der Waals surface area contributed by atoms with Crippen LogP contribution in [-0.4, -0.2) is 37.1 Å². The lowest BCUT2D eigenvalue weighted by Crippen LogP contribution is -2.41. The van der Waals surface area contributed by atoms with E-state index in [0.717, 1.165) is 0 Å². The Morgan fingerprint density at radius 1 is 0.325 bits per heavy atom. The van der Waals surface area contributed by atoms with E-state index in [1.165, 1.54) is 197 Å². The monoisotopic (exact) mass is 564 g/mol. The first kappa shape index (κ1) is 41.5. The molecule has 240 valence electrons. The predicted octanol–water partition coefficient (Wildman–Crippen LogP) is 13.0. The number of hydrogen-bond donors (Lipinski definition) is 0. The first-order chi connectivity index (χ1) is 19.1. The Morgan fingerprint density at radius 2 is 0.550 bits per heavy atom. The molecule has 1 N–H and O–H groups in total. The van der Waals surface area contributed by atoms with Gasteiger partial charge in [0, 0.05) is 0 Å². The van der Waals surface area contributed by atoms with Crippen LogP contribution in [0.3, 0.4) is 0 Å². The van der Waals surface area contributed by atoms with Crippen LogP contribution in [0.4, 0.5) is 0 Å². The van der Waals surface area contributed by atoms with Gasteiger partial charge < -0.3 is 9.96 Å². The summed E-state index contributed by atoms with van der Waals surface area (Å²) in [4.78, 5) is 0. The maximum absolute atomic E-state index is 2.45. The highest BCUT2D eigenvalue weighted by atomic mass is 16.0. The minimum atomic E-state index is 0. The van der Waals surface area contributed by atoms with Crippen molar-refractivity contribution in [2.24, 2.45) is 0 Å². The average Bonchev–Trinajstić information content (AvgIpc) is 2.92. The van der Waals surface area contributed by atoms with Crippen LogP contribution in [-0.2, 0) is 0 Å². The summed E-state index contributed by atoms with van der Waals surface area (Å²) >= 11 is 0. The van der Waals surface area contributed by atoms with E-state index in [1.807, 2.05) is 0 Å². The maximum Gasteiger partial charge on any atom is 0.0782 e. The quantitative estimate of drug-likeness (QED) is 0.0454. The fraction of sp³-hybridized carbons (Fsp3) is 0.895. The molecule has 2 nitrogen and oxygen atoms in total. The Hall–Kier alpha value is -0.600. The van der Waals surface area contributed by atoms with E-state index in [1.54, 1.807) is 0 Å². The van der Waals surface area contributed by atoms with Crippen LogP contribution in [0.2, 0.25) is 0 Å². The van der Waals surface area contributed by atoms with Gasteiger partial charge >= 0.3 is 0 Å². The molecule has 0 rings (SSSR count). The van der Waals surface area contributed by atoms with Gasteiger partial charge in [0.25, 0.3) is 0 Å². The van der Waals surface area contributed by atoms with Gasteiger partial charge in [-0.15, -0.1) is 0 Å². The molecule has 0 aliphatic rings. The molecule has 0 fully saturated rings. The highest BCUT2D eigenvalue weighted by molar-refractivity contribution is 4.82. The number of nitrogens with zero attached hydrogens (tertiary/aromatic N) is 1. The van der Waals surface area contributed by atoms with Gasteiger partial charge in [-0.1, -0.05) is 141 Å². The third-order valence-electron chi connectivity index (χ3n) is 8.55. The normalized spacial score (nSPS) is 12.1. The smallest absolute Gasteiger partial charge is 0.0782 e. The summed E-state index contributed by atoms with van der Waals surface area (Å²) in [5, 5.41) is 0. The molecule has 0 aromatic heterocycles. The zero-order chi connectivity index (χ0) is 28.5. The second kappa shape index (κ2) is 34.6. The van der Waals surface area contributed by atoms with E-state index >= 15 is 0 Å². The summed E-state index contributed by atoms with van der Waals surface area (Å²) in [6.07, 6.45) is 49.0. The fourth-order valence-corrected chi connectivity index (χ4v) is 5.69. The number of unbranched alkanes of at least 4 members (excludes halogenated alkanes) is 24. The second-order valence-electron chi connectivity index (χ2n) is 13.3. The Bertz CT molecular complexity index is 466. The molecule has 0 aromatic carbocycles. The fourth-order valence-electron chi connectivity index (χ4n) is 5.69. The number of rotatable bonds is 32. The van der Waals surface area contributed by atoms with Gasteiger partial charge in [0.15, 0.2) is 0 Å². The largest absolute Gasteiger partial charge is 0.870 e. The van der Waals surface area contributed by atoms with E-state index in [-0.39, 0.29) is 5.48 Å². The van der Waals surface area contributed by atoms with Gasteiger partial charge in [-0.25, -0.2) is 0 Å². The molecule has 0 heterocycles. The van der Waals surface area contributed by atoms with Gasteiger partial charge in [-0.05, 0) is 77.0 Å². The van der Waals surface area contributed by atoms with Crippen LogP contribution in [0, 0.1) is 0 Å². The zero-order valence-electron chi connectivity index (χ0n) is 28.4. The Kier molecular flexibility index (Phi) is 35.9. The van der Waals surface area contributed by atoms with Crippen molar-refractivity contribution in [3.05, 3.63) is 24.3 Å². The molecule has 0 unspecified atom stereocenters. The average molecular weight is 564 g/mol. The van der Waals surface area contributed by atoms with Crippen LogP contribution in [0.5, 0.6) is 0 Å². The number of quaternary nitrogens is 1. The lowest BCUT2D eigenvalue weighted by atomic mass is 10.1. The zero-order valence-corrected chi connectivity index (χ0v) is 28.4. The molecule has 0 atom stereocenters. The van der Waals surface area contributed by atoms with Crippen LogP contribution >= 0.6 is 0 Å². The lowest BCUT2D eigenvalue weighted by molar-refractivity contribution is -0.890. The molecule has 0 saturated heterocycles. The minimum Gasteiger partial charge on any atom is -0.870 e. The van der Waals surface area contributed by atoms with Crippen molar-refractivity contribution >= 4 is 0 Å². The third-order valence-corrected chi connectivity index (χ3v) is 8.55. The molecule has 40 heavy (non-hydrogen) atoms. The molecule has 2 heteroatoms. The van der Waals surface area contributed by atoms with Crippen LogP contribution < -0.4 is 0 Å². The van der Waals surface area contributed by atoms with Gasteiger partial charge in [-0.3, -0.25) is 0 Å². The van der Waals surface area contributed by atoms with Crippen molar-refractivity contribution < 1.29 is 9.96 Å². The number of allylic oxidation sites excluding steroid dienone is 4. The Labute approximate surface area is 254 Å². The van der Waals surface area contributed by atoms with Gasteiger partial charge in [0.05, 0.1) is 27.2 Å². The number of hydrogen-bond acceptors (Lipinski definition) is 1. The molecular formula is C38H77NO. The van der Waals surface area contributed by atoms with Crippen molar-refractivity contribution in [2.75, 3.05) is 27.2 Å². The molecular weight excluding hydrogens is 486 g/mol. The maximum atomic E-state index is 2.45. The van der Waals surface area contributed by atoms with E-state index in [0.29, 0.717) is 0 Å². The van der Waals surface area contributed by atoms with E-state index in [2.05, 4.69) is 52.2 Å². The van der Waals surface area contributed by atoms with Gasteiger partial charge in [0.1, 0.15) is 0 Å². The van der Waals surface area contributed by atoms with Crippen molar-refractivity contribution in [3.63, 3.8) is 0 Å². The van der Waals surface area contributed by atoms with Gasteiger partial charge in [-0.2, -0.15) is 0 Å². The first-order valence-electron chi connectivity index (χ1n) is 18.2. The summed E-state index contributed by atoms with van der Waals surface area (Å²) in [6.45, 7) is 7.33. The van der Waals surface area contributed by atoms with Crippen LogP contribution in [0.25, 0.3) is 0 Å². The molecule has 0 bridgehead atoms. The third kappa shape index (κ3) is 35.4. The molecule has 0 aromatic rings. The molecule has 0 saturated carbocycles. The summed E-state index contributed by atoms with van der Waals surface area (Å²) in [7, 11) is 4.91. The molecule has 0 radical (unpaired) electrons. The lowest BCUT2D eigenvalue weighted by Gasteiger charge is -2.30. The van der Waals surface area contributed by atoms with Crippen molar-refractivity contribution in [1.82, 2.24) is 0 Å². The van der Waals surface area contributed by atoms with Crippen molar-refractivity contribution in [1.29, 1.82) is 0 Å². The highest BCUT2D eigenvalue weighted by Gasteiger charge is 2.13. The van der Waals surface area contributed by atoms with Crippen LogP contribution in [0.15, 0.2) is 24.3 Å². The van der Waals surface area contributed by atoms with Gasteiger partial charge in [0.2, 0.25) is 0 Å². The Balaban J connectivity index is 0. The first-order valence-corrected chi connectivity index (χ1v) is 18.2. The van der Waals surface area contributed by atoms with Crippen molar-refractivity contribution in [3.8, 4) is 0 Å². The minimum absolute atomic E-state index is 0. The predicted molar refractivity (Wildman–Crippen MR) is 183 cm³/mol. The summed E-state index contributed by atoms with van der Waals surface area (Å²) in [6, 6.07) is 0. The highest BCUT2D eigenvalue weighted by Crippen LogP contribution is 2.14. The van der Waals surface area contributed by atoms with E-state index < -0.39 is 0 Å². The summed E-state index contributed by atoms with van der Waals surface area (Å²) in [5.74, 6) is 0. The second-order valence-corrected chi connectivity index (χ2v) is 13.3. The Morgan fingerprint density at radius 3 is 0.825 bits per heavy atom. The van der Waals surface area contributed by atoms with Crippen molar-refractivity contribution in [2.45, 2.75) is 194 Å². The van der Waals surface area contributed by atoms with E-state index in [4.69, 9.17) is 0 Å². The molecule has 0 spiro atoms. The molecule has 0 aliphatic carbocycles. The topological polar surface area (TPSA) is 30.0 Å². The summed E-state index contributed by atoms with van der Waals surface area (Å²) in [5.41, 5.74) is 0. The SMILES string of the molecule is CCCCCCCC/C=C\CCCCCCCC[N+](C)(C)CCCCCCCC/C=C\CCCCCCCC.[OH-]. The van der Waals surface area contributed by atoms with Crippen LogP contribution in [0.1, 0.15) is 194 Å². The molecule has 0 aliphatic heterocycles. The standard InChI is InChI=1S/C38H76N.H2O/c1-5-7-9-11-13-15-17-19-21-23-25-27-29-31-33-35-37-39(3,4)38-36-34-32-30-28-26-24-22-20-18-16-14-12-10-8-6-2;/h19-22H,5-18,23-38H2,1-4H3;1H2/q+1;/p-1/b21-19-,22-20-;. The summed E-state index contributed by atoms with van der Waals surface area (Å²) < 4.78 is 1.23. The molecule has 0 amide bonds. The van der Waals surface area contributed by atoms with E-state index in [9.17, 15) is 0 Å².